The zero-order chi connectivity index (χ0) is 14.9. The fourth-order valence-electron chi connectivity index (χ4n) is 2.10. The molecule has 20 heavy (non-hydrogen) atoms. The number of nitrogens with one attached hydrogen (secondary N) is 2. The Morgan fingerprint density at radius 2 is 2.15 bits per heavy atom. The molecule has 0 aliphatic rings. The number of carbonyl (C=O) groups is 1. The second-order valence-electron chi connectivity index (χ2n) is 5.44. The minimum atomic E-state index is -0.128. The van der Waals surface area contributed by atoms with Crippen molar-refractivity contribution in [2.75, 3.05) is 6.54 Å². The molecule has 6 nitrogen and oxygen atoms in total. The molecule has 108 valence electrons. The molecule has 0 saturated heterocycles. The predicted octanol–water partition coefficient (Wildman–Crippen LogP) is 1.81. The third kappa shape index (κ3) is 2.74. The van der Waals surface area contributed by atoms with Crippen molar-refractivity contribution in [1.29, 1.82) is 0 Å². The number of aromatic nitrogens is 4. The van der Waals surface area contributed by atoms with E-state index in [1.807, 2.05) is 25.6 Å². The molecule has 2 aromatic heterocycles. The lowest BCUT2D eigenvalue weighted by Crippen LogP contribution is -2.27. The fraction of sp³-hybridized carbons (Fsp3) is 0.500. The Bertz CT molecular complexity index is 624. The summed E-state index contributed by atoms with van der Waals surface area (Å²) in [7, 11) is 1.90. The maximum absolute atomic E-state index is 12.0. The minimum absolute atomic E-state index is 0.128. The second-order valence-corrected chi connectivity index (χ2v) is 5.44. The van der Waals surface area contributed by atoms with Crippen molar-refractivity contribution in [1.82, 2.24) is 25.3 Å². The molecular formula is C14H21N5O. The molecule has 0 bridgehead atoms. The van der Waals surface area contributed by atoms with E-state index in [-0.39, 0.29) is 5.91 Å². The van der Waals surface area contributed by atoms with Crippen LogP contribution in [-0.4, -0.2) is 32.4 Å². The number of H-pyrrole nitrogens is 1. The number of aromatic amines is 1. The van der Waals surface area contributed by atoms with Crippen LogP contribution in [0.25, 0.3) is 11.3 Å². The average molecular weight is 275 g/mol. The van der Waals surface area contributed by atoms with E-state index >= 15 is 0 Å². The fourth-order valence-corrected chi connectivity index (χ4v) is 2.10. The molecule has 0 radical (unpaired) electrons. The van der Waals surface area contributed by atoms with E-state index in [2.05, 4.69) is 34.5 Å². The molecule has 1 amide bonds. The molecule has 0 spiro atoms. The van der Waals surface area contributed by atoms with E-state index in [4.69, 9.17) is 0 Å². The number of rotatable bonds is 4. The van der Waals surface area contributed by atoms with E-state index in [1.165, 1.54) is 0 Å². The van der Waals surface area contributed by atoms with Crippen molar-refractivity contribution in [3.63, 3.8) is 0 Å². The van der Waals surface area contributed by atoms with Gasteiger partial charge in [-0.3, -0.25) is 14.6 Å². The summed E-state index contributed by atoms with van der Waals surface area (Å²) < 4.78 is 1.82. The van der Waals surface area contributed by atoms with E-state index in [1.54, 1.807) is 6.07 Å². The molecule has 2 N–H and O–H groups in total. The summed E-state index contributed by atoms with van der Waals surface area (Å²) in [4.78, 5) is 12.0. The van der Waals surface area contributed by atoms with Crippen LogP contribution in [0.1, 0.15) is 35.7 Å². The van der Waals surface area contributed by atoms with Crippen molar-refractivity contribution in [2.45, 2.75) is 27.7 Å². The van der Waals surface area contributed by atoms with Crippen LogP contribution in [0.4, 0.5) is 0 Å². The predicted molar refractivity (Wildman–Crippen MR) is 77.4 cm³/mol. The number of aryl methyl sites for hydroxylation is 2. The van der Waals surface area contributed by atoms with Gasteiger partial charge >= 0.3 is 0 Å². The monoisotopic (exact) mass is 275 g/mol. The van der Waals surface area contributed by atoms with Crippen LogP contribution in [0.15, 0.2) is 6.07 Å². The van der Waals surface area contributed by atoms with Crippen molar-refractivity contribution in [3.05, 3.63) is 23.1 Å². The highest BCUT2D eigenvalue weighted by Gasteiger charge is 2.17. The van der Waals surface area contributed by atoms with Crippen LogP contribution in [0, 0.1) is 19.8 Å². The number of hydrogen-bond donors (Lipinski definition) is 2. The van der Waals surface area contributed by atoms with Gasteiger partial charge in [-0.2, -0.15) is 10.2 Å². The quantitative estimate of drug-likeness (QED) is 0.893. The van der Waals surface area contributed by atoms with E-state index in [9.17, 15) is 4.79 Å². The Kier molecular flexibility index (Phi) is 3.92. The average Bonchev–Trinajstić information content (AvgIpc) is 2.93. The van der Waals surface area contributed by atoms with Gasteiger partial charge < -0.3 is 5.32 Å². The van der Waals surface area contributed by atoms with Crippen molar-refractivity contribution < 1.29 is 4.79 Å². The molecule has 2 aromatic rings. The summed E-state index contributed by atoms with van der Waals surface area (Å²) in [5, 5.41) is 14.3. The standard InChI is InChI=1S/C14H21N5O/c1-8(2)7-15-14(20)12-6-11(16-17-12)13-9(3)18-19(5)10(13)4/h6,8H,7H2,1-5H3,(H,15,20)(H,16,17). The van der Waals surface area contributed by atoms with Crippen LogP contribution in [-0.2, 0) is 7.05 Å². The van der Waals surface area contributed by atoms with Gasteiger partial charge in [0.05, 0.1) is 11.4 Å². The first kappa shape index (κ1) is 14.3. The van der Waals surface area contributed by atoms with Crippen molar-refractivity contribution in [2.24, 2.45) is 13.0 Å². The van der Waals surface area contributed by atoms with Crippen LogP contribution in [0.3, 0.4) is 0 Å². The summed E-state index contributed by atoms with van der Waals surface area (Å²) in [6.45, 7) is 8.69. The van der Waals surface area contributed by atoms with Crippen LogP contribution < -0.4 is 5.32 Å². The Balaban J connectivity index is 2.23. The number of amides is 1. The van der Waals surface area contributed by atoms with Gasteiger partial charge in [-0.1, -0.05) is 13.8 Å². The van der Waals surface area contributed by atoms with Crippen LogP contribution in [0.2, 0.25) is 0 Å². The number of nitrogens with zero attached hydrogens (tertiary/aromatic N) is 3. The first-order valence-electron chi connectivity index (χ1n) is 6.74. The maximum Gasteiger partial charge on any atom is 0.269 e. The van der Waals surface area contributed by atoms with Crippen LogP contribution in [0.5, 0.6) is 0 Å². The number of carbonyl (C=O) groups excluding carboxylic acids is 1. The summed E-state index contributed by atoms with van der Waals surface area (Å²) in [6.07, 6.45) is 0. The smallest absolute Gasteiger partial charge is 0.269 e. The minimum Gasteiger partial charge on any atom is -0.350 e. The lowest BCUT2D eigenvalue weighted by Gasteiger charge is -2.05. The molecule has 0 aliphatic carbocycles. The Labute approximate surface area is 118 Å². The van der Waals surface area contributed by atoms with Gasteiger partial charge in [0.1, 0.15) is 5.69 Å². The summed E-state index contributed by atoms with van der Waals surface area (Å²) in [5.41, 5.74) is 4.14. The molecule has 6 heteroatoms. The lowest BCUT2D eigenvalue weighted by molar-refractivity contribution is 0.0944. The molecule has 0 fully saturated rings. The zero-order valence-corrected chi connectivity index (χ0v) is 12.6. The SMILES string of the molecule is Cc1nn(C)c(C)c1-c1cc(C(=O)NCC(C)C)[nH]n1. The van der Waals surface area contributed by atoms with Crippen molar-refractivity contribution in [3.8, 4) is 11.3 Å². The van der Waals surface area contributed by atoms with Gasteiger partial charge in [-0.05, 0) is 25.8 Å². The van der Waals surface area contributed by atoms with Gasteiger partial charge in [0.15, 0.2) is 0 Å². The zero-order valence-electron chi connectivity index (χ0n) is 12.6. The molecule has 0 unspecified atom stereocenters. The highest BCUT2D eigenvalue weighted by molar-refractivity contribution is 5.93. The lowest BCUT2D eigenvalue weighted by atomic mass is 10.1. The third-order valence-electron chi connectivity index (χ3n) is 3.26. The van der Waals surface area contributed by atoms with Gasteiger partial charge in [0.2, 0.25) is 0 Å². The molecule has 0 saturated carbocycles. The maximum atomic E-state index is 12.0. The first-order chi connectivity index (χ1) is 9.40. The van der Waals surface area contributed by atoms with E-state index < -0.39 is 0 Å². The van der Waals surface area contributed by atoms with Gasteiger partial charge in [0.25, 0.3) is 5.91 Å². The normalized spacial score (nSPS) is 11.1. The highest BCUT2D eigenvalue weighted by atomic mass is 16.1. The topological polar surface area (TPSA) is 75.6 Å². The van der Waals surface area contributed by atoms with Gasteiger partial charge in [-0.25, -0.2) is 0 Å². The van der Waals surface area contributed by atoms with E-state index in [0.717, 1.165) is 22.6 Å². The molecule has 2 heterocycles. The highest BCUT2D eigenvalue weighted by Crippen LogP contribution is 2.25. The Morgan fingerprint density at radius 1 is 1.45 bits per heavy atom. The molecule has 0 aromatic carbocycles. The molecule has 2 rings (SSSR count). The molecule has 0 aliphatic heterocycles. The van der Waals surface area contributed by atoms with E-state index in [0.29, 0.717) is 18.2 Å². The van der Waals surface area contributed by atoms with Crippen molar-refractivity contribution >= 4 is 5.91 Å². The Morgan fingerprint density at radius 3 is 2.70 bits per heavy atom. The van der Waals surface area contributed by atoms with Gasteiger partial charge in [0, 0.05) is 24.8 Å². The molecule has 0 atom stereocenters. The molecular weight excluding hydrogens is 254 g/mol. The largest absolute Gasteiger partial charge is 0.350 e. The first-order valence-corrected chi connectivity index (χ1v) is 6.74. The second kappa shape index (κ2) is 5.48. The summed E-state index contributed by atoms with van der Waals surface area (Å²) in [6, 6.07) is 1.77. The Hall–Kier alpha value is -2.11. The number of hydrogen-bond acceptors (Lipinski definition) is 3. The van der Waals surface area contributed by atoms with Crippen LogP contribution >= 0.6 is 0 Å². The summed E-state index contributed by atoms with van der Waals surface area (Å²) >= 11 is 0. The van der Waals surface area contributed by atoms with Gasteiger partial charge in [-0.15, -0.1) is 0 Å². The summed E-state index contributed by atoms with van der Waals surface area (Å²) in [5.74, 6) is 0.292. The third-order valence-corrected chi connectivity index (χ3v) is 3.26.